The maximum Gasteiger partial charge on any atom is 0.282 e. The Labute approximate surface area is 127 Å². The van der Waals surface area contributed by atoms with Crippen LogP contribution in [0.2, 0.25) is 0 Å². The van der Waals surface area contributed by atoms with Gasteiger partial charge in [0.25, 0.3) is 63.2 Å². The molecule has 0 unspecified atom stereocenters. The van der Waals surface area contributed by atoms with Gasteiger partial charge in [0.2, 0.25) is 0 Å². The van der Waals surface area contributed by atoms with Crippen molar-refractivity contribution in [2.45, 2.75) is 0 Å². The van der Waals surface area contributed by atoms with E-state index in [1.807, 2.05) is 0 Å². The van der Waals surface area contributed by atoms with Crippen LogP contribution >= 0.6 is 0 Å². The minimum Gasteiger partial charge on any atom is -0.427 e. The minimum atomic E-state index is -4.01. The molecule has 0 aliphatic heterocycles. The molecule has 0 fully saturated rings. The molecule has 0 aromatic carbocycles. The Balaban J connectivity index is -0.0000000450. The molecule has 0 N–H and O–H groups in total. The third-order valence-corrected chi connectivity index (χ3v) is 0. The van der Waals surface area contributed by atoms with Crippen LogP contribution in [0.25, 0.3) is 0 Å². The predicted molar refractivity (Wildman–Crippen MR) is 0 cm³/mol. The van der Waals surface area contributed by atoms with E-state index < -0.39 is 63.2 Å². The van der Waals surface area contributed by atoms with Gasteiger partial charge in [-0.25, -0.2) is 0 Å². The summed E-state index contributed by atoms with van der Waals surface area (Å²) < 4.78 is 77.2. The summed E-state index contributed by atoms with van der Waals surface area (Å²) in [6, 6.07) is 0. The molecule has 0 aromatic rings. The fourth-order valence-electron chi connectivity index (χ4n) is 0. The molecule has 0 saturated carbocycles. The maximum absolute atomic E-state index is 8.57. The smallest absolute Gasteiger partial charge is 0.282 e. The molecule has 0 saturated heterocycles. The second-order valence-corrected chi connectivity index (χ2v) is 3.80. The Morgan fingerprint density at radius 3 is 0.385 bits per heavy atom. The molecule has 0 aliphatic carbocycles. The zero-order valence-corrected chi connectivity index (χ0v) is 15.5. The summed E-state index contributed by atoms with van der Waals surface area (Å²) in [4.78, 5) is 0. The van der Waals surface area contributed by atoms with Crippen LogP contribution in [-0.4, -0.2) is 0 Å². The first-order valence-electron chi connectivity index (χ1n) is 1.39. The maximum atomic E-state index is 8.57. The van der Waals surface area contributed by atoms with Crippen LogP contribution in [0.15, 0.2) is 0 Å². The zero-order chi connectivity index (χ0) is 10.7. The van der Waals surface area contributed by atoms with E-state index in [0.29, 0.717) is 0 Å². The van der Waals surface area contributed by atoms with Crippen molar-refractivity contribution >= 4 is 0 Å². The van der Waals surface area contributed by atoms with Crippen LogP contribution in [0.1, 0.15) is 0 Å². The number of halogens is 3. The molecule has 1 radical (unpaired) electrons. The van der Waals surface area contributed by atoms with Gasteiger partial charge >= 0.3 is 0 Å². The van der Waals surface area contributed by atoms with Gasteiger partial charge in [0.05, 0.1) is 0 Å². The van der Waals surface area contributed by atoms with Gasteiger partial charge in [-0.05, 0) is 0 Å². The van der Waals surface area contributed by atoms with Crippen molar-refractivity contribution in [1.29, 1.82) is 0 Å². The molecule has 0 aliphatic rings. The molecule has 0 aromatic heterocycles. The number of hydrogen-bond donors (Lipinski definition) is 0. The molecular formula is I3LaO9-3. The van der Waals surface area contributed by atoms with Crippen molar-refractivity contribution in [3.05, 3.63) is 0 Å². The Bertz CT molecular complexity index is 43.4. The third-order valence-electron chi connectivity index (χ3n) is 0. The van der Waals surface area contributed by atoms with Crippen molar-refractivity contribution in [2.24, 2.45) is 0 Å². The van der Waals surface area contributed by atoms with Crippen LogP contribution in [0.4, 0.5) is 0 Å². The largest absolute Gasteiger partial charge is 0.427 e. The van der Waals surface area contributed by atoms with E-state index in [-0.39, 0.29) is 35.6 Å². The van der Waals surface area contributed by atoms with Crippen LogP contribution < -0.4 is 94.1 Å². The van der Waals surface area contributed by atoms with E-state index in [4.69, 9.17) is 30.9 Å². The standard InChI is InChI=1S/3IO3.La/c3*2-1(3)4;/q3*-1;. The summed E-state index contributed by atoms with van der Waals surface area (Å²) in [5.74, 6) is 0. The number of hydrogen-bond acceptors (Lipinski definition) is 9. The molecule has 9 nitrogen and oxygen atoms in total. The summed E-state index contributed by atoms with van der Waals surface area (Å²) in [6.07, 6.45) is 0. The summed E-state index contributed by atoms with van der Waals surface area (Å²) in [7, 11) is 0. The van der Waals surface area contributed by atoms with Gasteiger partial charge in [0.1, 0.15) is 0 Å². The summed E-state index contributed by atoms with van der Waals surface area (Å²) >= 11 is -12.0. The average Bonchev–Trinajstić information content (AvgIpc) is 1.54. The Hall–Kier alpha value is 3.02. The number of rotatable bonds is 0. The predicted octanol–water partition coefficient (Wildman–Crippen LogP) is -19.7. The Kier molecular flexibility index (Phi) is 39.3. The Morgan fingerprint density at radius 1 is 0.385 bits per heavy atom. The third kappa shape index (κ3) is 279. The minimum absolute atomic E-state index is 0. The second kappa shape index (κ2) is 20.4. The van der Waals surface area contributed by atoms with Crippen molar-refractivity contribution in [1.82, 2.24) is 0 Å². The van der Waals surface area contributed by atoms with Gasteiger partial charge in [0, 0.05) is 35.6 Å². The van der Waals surface area contributed by atoms with Crippen molar-refractivity contribution in [3.63, 3.8) is 0 Å². The fraction of sp³-hybridized carbons (Fsp3) is 0. The van der Waals surface area contributed by atoms with Crippen LogP contribution in [0.5, 0.6) is 0 Å². The van der Waals surface area contributed by atoms with Crippen LogP contribution in [0.3, 0.4) is 0 Å². The monoisotopic (exact) mass is 664 g/mol. The fourth-order valence-corrected chi connectivity index (χ4v) is 0. The quantitative estimate of drug-likeness (QED) is 0.225. The van der Waals surface area contributed by atoms with Crippen molar-refractivity contribution < 1.29 is 130 Å². The normalized spacial score (nSPS) is 8.31. The van der Waals surface area contributed by atoms with Crippen LogP contribution in [0, 0.1) is 35.6 Å². The zero-order valence-electron chi connectivity index (χ0n) is 5.39. The molecule has 13 heavy (non-hydrogen) atoms. The molecule has 0 atom stereocenters. The molecule has 0 amide bonds. The van der Waals surface area contributed by atoms with E-state index in [0.717, 1.165) is 0 Å². The summed E-state index contributed by atoms with van der Waals surface area (Å²) in [6.45, 7) is 0. The topological polar surface area (TPSA) is 208 Å². The summed E-state index contributed by atoms with van der Waals surface area (Å²) in [5, 5.41) is 0. The van der Waals surface area contributed by atoms with Gasteiger partial charge in [0.15, 0.2) is 0 Å². The Morgan fingerprint density at radius 2 is 0.385 bits per heavy atom. The molecule has 81 valence electrons. The van der Waals surface area contributed by atoms with Gasteiger partial charge < -0.3 is 30.9 Å². The second-order valence-electron chi connectivity index (χ2n) is 0.567. The molecule has 13 heteroatoms. The van der Waals surface area contributed by atoms with E-state index >= 15 is 0 Å². The molecule has 0 bridgehead atoms. The first kappa shape index (κ1) is 25.0. The van der Waals surface area contributed by atoms with E-state index in [2.05, 4.69) is 0 Å². The van der Waals surface area contributed by atoms with Gasteiger partial charge in [-0.1, -0.05) is 0 Å². The van der Waals surface area contributed by atoms with Crippen molar-refractivity contribution in [2.75, 3.05) is 0 Å². The van der Waals surface area contributed by atoms with Gasteiger partial charge in [-0.3, -0.25) is 0 Å². The first-order valence-corrected chi connectivity index (χ1v) is 9.32. The van der Waals surface area contributed by atoms with Gasteiger partial charge in [-0.2, -0.15) is 0 Å². The van der Waals surface area contributed by atoms with Crippen molar-refractivity contribution in [3.8, 4) is 0 Å². The molecule has 0 spiro atoms. The molecule has 0 heterocycles. The van der Waals surface area contributed by atoms with E-state index in [1.54, 1.807) is 0 Å². The molecular weight excluding hydrogens is 664 g/mol. The first-order chi connectivity index (χ1) is 5.20. The molecule has 0 rings (SSSR count). The summed E-state index contributed by atoms with van der Waals surface area (Å²) in [5.41, 5.74) is 0. The van der Waals surface area contributed by atoms with Crippen LogP contribution in [-0.2, 0) is 0 Å². The van der Waals surface area contributed by atoms with E-state index in [1.165, 1.54) is 0 Å². The van der Waals surface area contributed by atoms with E-state index in [9.17, 15) is 0 Å². The van der Waals surface area contributed by atoms with Gasteiger partial charge in [-0.15, -0.1) is 0 Å². The SMILES string of the molecule is [La].[O-][I+2]([O-])[O-].[O-][I+2]([O-])[O-].[O-][I+2]([O-])[O-]. The average molecular weight is 664 g/mol.